The van der Waals surface area contributed by atoms with Crippen molar-refractivity contribution in [1.82, 2.24) is 4.90 Å². The number of benzene rings is 1. The summed E-state index contributed by atoms with van der Waals surface area (Å²) < 4.78 is 52.3. The van der Waals surface area contributed by atoms with Gasteiger partial charge in [0, 0.05) is 25.2 Å². The second kappa shape index (κ2) is 6.32. The molecule has 1 aromatic carbocycles. The summed E-state index contributed by atoms with van der Waals surface area (Å²) in [5, 5.41) is 0. The third-order valence-corrected chi connectivity index (χ3v) is 4.20. The zero-order valence-corrected chi connectivity index (χ0v) is 12.0. The van der Waals surface area contributed by atoms with Crippen molar-refractivity contribution in [3.63, 3.8) is 0 Å². The SMILES string of the molecule is CC1CCCC(CN)N1Cc1ccc(F)cc1C(F)(F)F. The zero-order chi connectivity index (χ0) is 15.6. The Morgan fingerprint density at radius 1 is 1.29 bits per heavy atom. The summed E-state index contributed by atoms with van der Waals surface area (Å²) in [5.74, 6) is -0.867. The number of nitrogens with zero attached hydrogens (tertiary/aromatic N) is 1. The van der Waals surface area contributed by atoms with E-state index in [0.29, 0.717) is 12.6 Å². The van der Waals surface area contributed by atoms with Crippen molar-refractivity contribution in [1.29, 1.82) is 0 Å². The Morgan fingerprint density at radius 3 is 2.62 bits per heavy atom. The highest BCUT2D eigenvalue weighted by Gasteiger charge is 2.35. The van der Waals surface area contributed by atoms with Gasteiger partial charge in [-0.2, -0.15) is 13.2 Å². The molecule has 0 saturated carbocycles. The quantitative estimate of drug-likeness (QED) is 0.865. The summed E-state index contributed by atoms with van der Waals surface area (Å²) in [5.41, 5.74) is 4.95. The van der Waals surface area contributed by atoms with Gasteiger partial charge in [-0.1, -0.05) is 12.5 Å². The van der Waals surface area contributed by atoms with Crippen LogP contribution in [0, 0.1) is 5.82 Å². The maximum absolute atomic E-state index is 13.1. The van der Waals surface area contributed by atoms with Gasteiger partial charge in [-0.05, 0) is 37.5 Å². The summed E-state index contributed by atoms with van der Waals surface area (Å²) in [7, 11) is 0. The van der Waals surface area contributed by atoms with Crippen LogP contribution in [0.15, 0.2) is 18.2 Å². The van der Waals surface area contributed by atoms with E-state index in [-0.39, 0.29) is 24.2 Å². The Labute approximate surface area is 121 Å². The lowest BCUT2D eigenvalue weighted by atomic mass is 9.94. The van der Waals surface area contributed by atoms with Crippen LogP contribution < -0.4 is 5.73 Å². The van der Waals surface area contributed by atoms with Gasteiger partial charge in [-0.15, -0.1) is 0 Å². The van der Waals surface area contributed by atoms with Crippen molar-refractivity contribution in [3.8, 4) is 0 Å². The third-order valence-electron chi connectivity index (χ3n) is 4.20. The molecule has 21 heavy (non-hydrogen) atoms. The molecule has 1 heterocycles. The molecule has 118 valence electrons. The monoisotopic (exact) mass is 304 g/mol. The van der Waals surface area contributed by atoms with Gasteiger partial charge in [-0.3, -0.25) is 4.90 Å². The molecule has 1 fully saturated rings. The molecule has 1 saturated heterocycles. The molecule has 6 heteroatoms. The molecule has 2 atom stereocenters. The first-order valence-electron chi connectivity index (χ1n) is 7.14. The molecule has 0 bridgehead atoms. The highest BCUT2D eigenvalue weighted by atomic mass is 19.4. The fourth-order valence-electron chi connectivity index (χ4n) is 3.03. The van der Waals surface area contributed by atoms with Gasteiger partial charge in [0.15, 0.2) is 0 Å². The summed E-state index contributed by atoms with van der Waals surface area (Å²) >= 11 is 0. The first kappa shape index (κ1) is 16.2. The largest absolute Gasteiger partial charge is 0.416 e. The van der Waals surface area contributed by atoms with Crippen molar-refractivity contribution >= 4 is 0 Å². The average molecular weight is 304 g/mol. The molecule has 0 aromatic heterocycles. The van der Waals surface area contributed by atoms with E-state index < -0.39 is 17.6 Å². The molecular weight excluding hydrogens is 284 g/mol. The lowest BCUT2D eigenvalue weighted by Crippen LogP contribution is -2.48. The topological polar surface area (TPSA) is 29.3 Å². The average Bonchev–Trinajstić information content (AvgIpc) is 2.41. The summed E-state index contributed by atoms with van der Waals surface area (Å²) in [4.78, 5) is 2.01. The second-order valence-electron chi connectivity index (χ2n) is 5.64. The highest BCUT2D eigenvalue weighted by Crippen LogP contribution is 2.34. The van der Waals surface area contributed by atoms with Gasteiger partial charge < -0.3 is 5.73 Å². The van der Waals surface area contributed by atoms with Crippen LogP contribution in [-0.2, 0) is 12.7 Å². The number of hydrogen-bond donors (Lipinski definition) is 1. The van der Waals surface area contributed by atoms with E-state index in [2.05, 4.69) is 0 Å². The number of nitrogens with two attached hydrogens (primary N) is 1. The van der Waals surface area contributed by atoms with Crippen LogP contribution in [0.1, 0.15) is 37.3 Å². The molecule has 0 radical (unpaired) electrons. The summed E-state index contributed by atoms with van der Waals surface area (Å²) in [6, 6.07) is 3.14. The smallest absolute Gasteiger partial charge is 0.329 e. The standard InChI is InChI=1S/C15H20F4N2/c1-10-3-2-4-13(8-20)21(10)9-11-5-6-12(16)7-14(11)15(17,18)19/h5-7,10,13H,2-4,8-9,20H2,1H3. The van der Waals surface area contributed by atoms with Crippen LogP contribution >= 0.6 is 0 Å². The maximum atomic E-state index is 13.1. The summed E-state index contributed by atoms with van der Waals surface area (Å²) in [6.45, 7) is 2.57. The predicted octanol–water partition coefficient (Wildman–Crippen LogP) is 3.55. The van der Waals surface area contributed by atoms with Crippen LogP contribution in [-0.4, -0.2) is 23.5 Å². The normalized spacial score (nSPS) is 24.3. The molecule has 1 aliphatic rings. The van der Waals surface area contributed by atoms with E-state index in [0.717, 1.165) is 25.3 Å². The van der Waals surface area contributed by atoms with Crippen LogP contribution in [0.2, 0.25) is 0 Å². The molecule has 2 nitrogen and oxygen atoms in total. The molecular formula is C15H20F4N2. The molecule has 1 aliphatic heterocycles. The van der Waals surface area contributed by atoms with Gasteiger partial charge in [0.05, 0.1) is 5.56 Å². The van der Waals surface area contributed by atoms with Crippen LogP contribution in [0.3, 0.4) is 0 Å². The van der Waals surface area contributed by atoms with Crippen LogP contribution in [0.5, 0.6) is 0 Å². The van der Waals surface area contributed by atoms with Gasteiger partial charge in [0.25, 0.3) is 0 Å². The minimum atomic E-state index is -4.55. The molecule has 1 aromatic rings. The lowest BCUT2D eigenvalue weighted by molar-refractivity contribution is -0.138. The molecule has 0 amide bonds. The van der Waals surface area contributed by atoms with E-state index in [1.165, 1.54) is 6.07 Å². The number of rotatable bonds is 3. The zero-order valence-electron chi connectivity index (χ0n) is 12.0. The van der Waals surface area contributed by atoms with Crippen molar-refractivity contribution in [2.75, 3.05) is 6.54 Å². The third kappa shape index (κ3) is 3.74. The molecule has 2 N–H and O–H groups in total. The molecule has 2 rings (SSSR count). The van der Waals surface area contributed by atoms with E-state index in [1.54, 1.807) is 0 Å². The molecule has 2 unspecified atom stereocenters. The Kier molecular flexibility index (Phi) is 4.88. The minimum absolute atomic E-state index is 0.0832. The fraction of sp³-hybridized carbons (Fsp3) is 0.600. The van der Waals surface area contributed by atoms with Crippen molar-refractivity contribution in [2.24, 2.45) is 5.73 Å². The molecule has 0 aliphatic carbocycles. The first-order valence-corrected chi connectivity index (χ1v) is 7.14. The van der Waals surface area contributed by atoms with E-state index >= 15 is 0 Å². The minimum Gasteiger partial charge on any atom is -0.329 e. The van der Waals surface area contributed by atoms with Crippen molar-refractivity contribution in [3.05, 3.63) is 35.1 Å². The van der Waals surface area contributed by atoms with Gasteiger partial charge in [0.1, 0.15) is 5.82 Å². The van der Waals surface area contributed by atoms with Crippen LogP contribution in [0.4, 0.5) is 17.6 Å². The summed E-state index contributed by atoms with van der Waals surface area (Å²) in [6.07, 6.45) is -1.67. The fourth-order valence-corrected chi connectivity index (χ4v) is 3.03. The first-order chi connectivity index (χ1) is 9.82. The highest BCUT2D eigenvalue weighted by molar-refractivity contribution is 5.30. The number of piperidine rings is 1. The van der Waals surface area contributed by atoms with E-state index in [9.17, 15) is 17.6 Å². The molecule has 0 spiro atoms. The van der Waals surface area contributed by atoms with E-state index in [1.807, 2.05) is 11.8 Å². The lowest BCUT2D eigenvalue weighted by Gasteiger charge is -2.40. The number of likely N-dealkylation sites (tertiary alicyclic amines) is 1. The Balaban J connectivity index is 2.29. The van der Waals surface area contributed by atoms with Gasteiger partial charge >= 0.3 is 6.18 Å². The number of halogens is 4. The second-order valence-corrected chi connectivity index (χ2v) is 5.64. The van der Waals surface area contributed by atoms with Crippen molar-refractivity contribution in [2.45, 2.75) is 51.0 Å². The van der Waals surface area contributed by atoms with Crippen molar-refractivity contribution < 1.29 is 17.6 Å². The van der Waals surface area contributed by atoms with Gasteiger partial charge in [-0.25, -0.2) is 4.39 Å². The predicted molar refractivity (Wildman–Crippen MR) is 73.1 cm³/mol. The Hall–Kier alpha value is -1.14. The Morgan fingerprint density at radius 2 is 2.00 bits per heavy atom. The van der Waals surface area contributed by atoms with E-state index in [4.69, 9.17) is 5.73 Å². The number of alkyl halides is 3. The maximum Gasteiger partial charge on any atom is 0.416 e. The van der Waals surface area contributed by atoms with Gasteiger partial charge in [0.2, 0.25) is 0 Å². The number of hydrogen-bond acceptors (Lipinski definition) is 2. The van der Waals surface area contributed by atoms with Crippen LogP contribution in [0.25, 0.3) is 0 Å². The Bertz CT molecular complexity index is 487.